The van der Waals surface area contributed by atoms with Crippen LogP contribution in [0, 0.1) is 0 Å². The SMILES string of the molecule is c1ccc(N(c2ccc3c(c2)C2(c4ccccc4-c4ccccc42)c2ccccc2-3)c2c3ccccc3n3c2sc2ccccc23)cc1. The minimum absolute atomic E-state index is 0.396. The number of thiazole rings is 1. The monoisotopic (exact) mass is 628 g/mol. The van der Waals surface area contributed by atoms with E-state index in [0.29, 0.717) is 0 Å². The van der Waals surface area contributed by atoms with Gasteiger partial charge < -0.3 is 4.90 Å². The van der Waals surface area contributed by atoms with Crippen LogP contribution in [0.1, 0.15) is 22.3 Å². The first-order chi connectivity index (χ1) is 23.8. The van der Waals surface area contributed by atoms with Crippen molar-refractivity contribution < 1.29 is 0 Å². The highest BCUT2D eigenvalue weighted by Gasteiger charge is 2.51. The maximum atomic E-state index is 2.50. The molecule has 0 fully saturated rings. The molecule has 0 atom stereocenters. The Kier molecular flexibility index (Phi) is 5.22. The smallest absolute Gasteiger partial charge is 0.126 e. The molecule has 0 radical (unpaired) electrons. The van der Waals surface area contributed by atoms with Crippen molar-refractivity contribution in [2.24, 2.45) is 0 Å². The first-order valence-corrected chi connectivity index (χ1v) is 17.4. The normalized spacial score (nSPS) is 13.6. The van der Waals surface area contributed by atoms with Crippen LogP contribution in [0.15, 0.2) is 170 Å². The van der Waals surface area contributed by atoms with Gasteiger partial charge >= 0.3 is 0 Å². The molecule has 2 aromatic heterocycles. The third-order valence-electron chi connectivity index (χ3n) is 10.6. The topological polar surface area (TPSA) is 7.65 Å². The van der Waals surface area contributed by atoms with Gasteiger partial charge in [0.2, 0.25) is 0 Å². The molecule has 0 unspecified atom stereocenters. The number of hydrogen-bond acceptors (Lipinski definition) is 2. The molecule has 11 rings (SSSR count). The number of rotatable bonds is 3. The van der Waals surface area contributed by atoms with E-state index < -0.39 is 5.41 Å². The first kappa shape index (κ1) is 26.2. The zero-order valence-corrected chi connectivity index (χ0v) is 26.8. The molecule has 0 bridgehead atoms. The zero-order chi connectivity index (χ0) is 31.4. The number of para-hydroxylation sites is 3. The number of aromatic nitrogens is 1. The van der Waals surface area contributed by atoms with E-state index in [1.165, 1.54) is 76.1 Å². The van der Waals surface area contributed by atoms with Crippen molar-refractivity contribution in [3.8, 4) is 22.3 Å². The Hall–Kier alpha value is -5.90. The summed E-state index contributed by atoms with van der Waals surface area (Å²) in [5.74, 6) is 0. The van der Waals surface area contributed by atoms with Gasteiger partial charge in [-0.3, -0.25) is 4.40 Å². The molecule has 1 spiro atoms. The van der Waals surface area contributed by atoms with E-state index in [0.717, 1.165) is 11.4 Å². The molecule has 48 heavy (non-hydrogen) atoms. The van der Waals surface area contributed by atoms with Gasteiger partial charge in [0.25, 0.3) is 0 Å². The van der Waals surface area contributed by atoms with Gasteiger partial charge in [-0.15, -0.1) is 11.3 Å². The lowest BCUT2D eigenvalue weighted by Crippen LogP contribution is -2.26. The van der Waals surface area contributed by atoms with Gasteiger partial charge in [-0.2, -0.15) is 0 Å². The van der Waals surface area contributed by atoms with E-state index in [2.05, 4.69) is 179 Å². The first-order valence-electron chi connectivity index (χ1n) is 16.5. The molecule has 2 nitrogen and oxygen atoms in total. The van der Waals surface area contributed by atoms with Gasteiger partial charge in [-0.25, -0.2) is 0 Å². The largest absolute Gasteiger partial charge is 0.307 e. The van der Waals surface area contributed by atoms with Crippen LogP contribution in [0.2, 0.25) is 0 Å². The highest BCUT2D eigenvalue weighted by molar-refractivity contribution is 7.24. The van der Waals surface area contributed by atoms with Crippen molar-refractivity contribution in [2.75, 3.05) is 4.90 Å². The molecule has 0 amide bonds. The summed E-state index contributed by atoms with van der Waals surface area (Å²) in [6.07, 6.45) is 0. The molecule has 0 N–H and O–H groups in total. The van der Waals surface area contributed by atoms with Crippen molar-refractivity contribution >= 4 is 54.3 Å². The second-order valence-electron chi connectivity index (χ2n) is 12.9. The Labute approximate surface area is 282 Å². The Morgan fingerprint density at radius 2 is 0.979 bits per heavy atom. The van der Waals surface area contributed by atoms with Gasteiger partial charge in [0.05, 0.1) is 26.8 Å². The van der Waals surface area contributed by atoms with Crippen LogP contribution >= 0.6 is 11.3 Å². The molecule has 2 aliphatic carbocycles. The van der Waals surface area contributed by atoms with Crippen LogP contribution in [0.5, 0.6) is 0 Å². The van der Waals surface area contributed by atoms with Crippen LogP contribution in [-0.2, 0) is 5.41 Å². The summed E-state index contributed by atoms with van der Waals surface area (Å²) in [6, 6.07) is 62.9. The summed E-state index contributed by atoms with van der Waals surface area (Å²) in [5, 5.41) is 1.24. The number of hydrogen-bond donors (Lipinski definition) is 0. The molecule has 224 valence electrons. The number of nitrogens with zero attached hydrogens (tertiary/aromatic N) is 2. The van der Waals surface area contributed by atoms with Crippen LogP contribution in [0.3, 0.4) is 0 Å². The van der Waals surface area contributed by atoms with Gasteiger partial charge in [0.1, 0.15) is 4.83 Å². The van der Waals surface area contributed by atoms with E-state index in [4.69, 9.17) is 0 Å². The molecule has 2 heterocycles. The summed E-state index contributed by atoms with van der Waals surface area (Å²) < 4.78 is 3.74. The van der Waals surface area contributed by atoms with Gasteiger partial charge in [0, 0.05) is 16.8 Å². The average Bonchev–Trinajstić information content (AvgIpc) is 3.86. The summed E-state index contributed by atoms with van der Waals surface area (Å²) in [4.78, 5) is 3.74. The quantitative estimate of drug-likeness (QED) is 0.189. The average molecular weight is 629 g/mol. The highest BCUT2D eigenvalue weighted by Crippen LogP contribution is 2.63. The van der Waals surface area contributed by atoms with Crippen LogP contribution in [0.25, 0.3) is 48.2 Å². The van der Waals surface area contributed by atoms with Gasteiger partial charge in [-0.1, -0.05) is 127 Å². The van der Waals surface area contributed by atoms with Crippen molar-refractivity contribution in [2.45, 2.75) is 5.41 Å². The lowest BCUT2D eigenvalue weighted by molar-refractivity contribution is 0.793. The molecule has 2 aliphatic rings. The van der Waals surface area contributed by atoms with Crippen molar-refractivity contribution in [3.63, 3.8) is 0 Å². The summed E-state index contributed by atoms with van der Waals surface area (Å²) >= 11 is 1.87. The maximum absolute atomic E-state index is 2.50. The van der Waals surface area contributed by atoms with E-state index >= 15 is 0 Å². The van der Waals surface area contributed by atoms with E-state index in [1.54, 1.807) is 0 Å². The summed E-state index contributed by atoms with van der Waals surface area (Å²) in [6.45, 7) is 0. The molecule has 9 aromatic rings. The predicted octanol–water partition coefficient (Wildman–Crippen LogP) is 12.1. The standard InChI is InChI=1S/C45H28N2S/c1-2-14-29(15-3-1)46(43-35-19-7-11-23-40(35)47-41-24-12-13-25-42(41)48-44(43)47)30-26-27-34-33-18-6-10-22-38(33)45(39(34)28-30)36-20-8-4-16-31(36)32-17-5-9-21-37(32)45/h1-28H. The fourth-order valence-electron chi connectivity index (χ4n) is 8.79. The number of benzene rings is 7. The second-order valence-corrected chi connectivity index (χ2v) is 13.9. The molecule has 0 aliphatic heterocycles. The highest BCUT2D eigenvalue weighted by atomic mass is 32.1. The third kappa shape index (κ3) is 3.21. The Bertz CT molecular complexity index is 2690. The summed E-state index contributed by atoms with van der Waals surface area (Å²) in [7, 11) is 0. The lowest BCUT2D eigenvalue weighted by atomic mass is 9.70. The molecular weight excluding hydrogens is 601 g/mol. The van der Waals surface area contributed by atoms with Crippen LogP contribution in [-0.4, -0.2) is 4.40 Å². The Morgan fingerprint density at radius 1 is 0.438 bits per heavy atom. The molecule has 0 saturated heterocycles. The minimum Gasteiger partial charge on any atom is -0.307 e. The van der Waals surface area contributed by atoms with E-state index in [1.807, 2.05) is 11.3 Å². The lowest BCUT2D eigenvalue weighted by Gasteiger charge is -2.32. The zero-order valence-electron chi connectivity index (χ0n) is 26.0. The Balaban J connectivity index is 1.26. The second kappa shape index (κ2) is 9.57. The fraction of sp³-hybridized carbons (Fsp3) is 0.0222. The Morgan fingerprint density at radius 3 is 1.67 bits per heavy atom. The third-order valence-corrected chi connectivity index (χ3v) is 11.7. The van der Waals surface area contributed by atoms with Crippen molar-refractivity contribution in [1.29, 1.82) is 0 Å². The van der Waals surface area contributed by atoms with E-state index in [-0.39, 0.29) is 0 Å². The molecule has 0 saturated carbocycles. The van der Waals surface area contributed by atoms with Crippen molar-refractivity contribution in [3.05, 3.63) is 192 Å². The molecule has 3 heteroatoms. The number of anilines is 3. The molecular formula is C45H28N2S. The van der Waals surface area contributed by atoms with Gasteiger partial charge in [0.15, 0.2) is 0 Å². The maximum Gasteiger partial charge on any atom is 0.126 e. The minimum atomic E-state index is -0.396. The number of fused-ring (bicyclic) bond motifs is 15. The predicted molar refractivity (Wildman–Crippen MR) is 201 cm³/mol. The van der Waals surface area contributed by atoms with E-state index in [9.17, 15) is 0 Å². The fourth-order valence-corrected chi connectivity index (χ4v) is 9.99. The van der Waals surface area contributed by atoms with Crippen molar-refractivity contribution in [1.82, 2.24) is 4.40 Å². The van der Waals surface area contributed by atoms with Crippen LogP contribution in [0.4, 0.5) is 17.1 Å². The summed E-state index contributed by atoms with van der Waals surface area (Å²) in [5.41, 5.74) is 16.3. The van der Waals surface area contributed by atoms with Gasteiger partial charge in [-0.05, 0) is 87.0 Å². The van der Waals surface area contributed by atoms with Crippen LogP contribution < -0.4 is 4.90 Å². The molecule has 7 aromatic carbocycles.